The molecule has 1 fully saturated rings. The van der Waals surface area contributed by atoms with Crippen molar-refractivity contribution in [2.45, 2.75) is 59.2 Å². The summed E-state index contributed by atoms with van der Waals surface area (Å²) in [6.45, 7) is 8.58. The van der Waals surface area contributed by atoms with Crippen molar-refractivity contribution in [1.29, 1.82) is 0 Å². The van der Waals surface area contributed by atoms with Gasteiger partial charge in [-0.3, -0.25) is 4.79 Å². The molecule has 0 amide bonds. The van der Waals surface area contributed by atoms with Crippen LogP contribution in [0.25, 0.3) is 0 Å². The number of ketones is 1. The molecule has 0 N–H and O–H groups in total. The Hall–Kier alpha value is -0.370. The van der Waals surface area contributed by atoms with Gasteiger partial charge in [-0.1, -0.05) is 27.7 Å². The second kappa shape index (κ2) is 4.92. The number of hydrogen-bond acceptors (Lipinski definition) is 2. The summed E-state index contributed by atoms with van der Waals surface area (Å²) in [5, 5.41) is 0. The van der Waals surface area contributed by atoms with Gasteiger partial charge < -0.3 is 4.74 Å². The normalized spacial score (nSPS) is 29.7. The topological polar surface area (TPSA) is 26.3 Å². The summed E-state index contributed by atoms with van der Waals surface area (Å²) < 4.78 is 5.98. The quantitative estimate of drug-likeness (QED) is 0.682. The Balaban J connectivity index is 2.63. The number of hydrogen-bond donors (Lipinski definition) is 0. The molecule has 1 rings (SSSR count). The maximum atomic E-state index is 11.5. The fraction of sp³-hybridized carbons (Fsp3) is 0.917. The van der Waals surface area contributed by atoms with E-state index in [1.54, 1.807) is 0 Å². The molecule has 0 aromatic carbocycles. The van der Waals surface area contributed by atoms with Crippen LogP contribution in [0, 0.1) is 11.8 Å². The Labute approximate surface area is 87.0 Å². The van der Waals surface area contributed by atoms with Crippen molar-refractivity contribution in [3.05, 3.63) is 0 Å². The van der Waals surface area contributed by atoms with Crippen molar-refractivity contribution in [3.63, 3.8) is 0 Å². The van der Waals surface area contributed by atoms with Crippen molar-refractivity contribution in [1.82, 2.24) is 0 Å². The smallest absolute Gasteiger partial charge is 0.135 e. The van der Waals surface area contributed by atoms with Gasteiger partial charge in [-0.15, -0.1) is 0 Å². The number of ether oxygens (including phenoxy) is 1. The largest absolute Gasteiger partial charge is 0.374 e. The molecule has 2 heteroatoms. The van der Waals surface area contributed by atoms with E-state index in [0.717, 1.165) is 6.42 Å². The molecule has 1 heterocycles. The minimum absolute atomic E-state index is 0.136. The van der Waals surface area contributed by atoms with Crippen LogP contribution in [0.5, 0.6) is 0 Å². The molecule has 0 radical (unpaired) electrons. The summed E-state index contributed by atoms with van der Waals surface area (Å²) in [5.41, 5.74) is 0. The highest BCUT2D eigenvalue weighted by molar-refractivity contribution is 5.79. The van der Waals surface area contributed by atoms with Crippen LogP contribution in [0.2, 0.25) is 0 Å². The molecule has 1 saturated heterocycles. The van der Waals surface area contributed by atoms with Crippen LogP contribution in [0.1, 0.15) is 47.0 Å². The van der Waals surface area contributed by atoms with Crippen molar-refractivity contribution >= 4 is 5.78 Å². The Bertz CT molecular complexity index is 196. The van der Waals surface area contributed by atoms with E-state index >= 15 is 0 Å². The van der Waals surface area contributed by atoms with E-state index in [9.17, 15) is 4.79 Å². The van der Waals surface area contributed by atoms with Gasteiger partial charge in [0, 0.05) is 12.8 Å². The van der Waals surface area contributed by atoms with Crippen molar-refractivity contribution in [2.75, 3.05) is 0 Å². The second-order valence-corrected chi connectivity index (χ2v) is 4.98. The first-order valence-corrected chi connectivity index (χ1v) is 5.68. The van der Waals surface area contributed by atoms with E-state index in [0.29, 0.717) is 30.5 Å². The number of Topliss-reactive ketones (excluding diaryl/α,β-unsaturated/α-hetero) is 1. The van der Waals surface area contributed by atoms with Gasteiger partial charge in [0.15, 0.2) is 0 Å². The molecular weight excluding hydrogens is 176 g/mol. The van der Waals surface area contributed by atoms with Crippen LogP contribution in [0.4, 0.5) is 0 Å². The molecule has 0 bridgehead atoms. The molecule has 1 aliphatic heterocycles. The third kappa shape index (κ3) is 3.09. The van der Waals surface area contributed by atoms with E-state index in [1.165, 1.54) is 0 Å². The molecule has 0 unspecified atom stereocenters. The molecule has 14 heavy (non-hydrogen) atoms. The van der Waals surface area contributed by atoms with Crippen LogP contribution < -0.4 is 0 Å². The highest BCUT2D eigenvalue weighted by atomic mass is 16.5. The van der Waals surface area contributed by atoms with Gasteiger partial charge in [-0.2, -0.15) is 0 Å². The lowest BCUT2D eigenvalue weighted by atomic mass is 10.0. The Morgan fingerprint density at radius 3 is 2.21 bits per heavy atom. The minimum Gasteiger partial charge on any atom is -0.374 e. The first-order chi connectivity index (χ1) is 6.50. The minimum atomic E-state index is 0.136. The fourth-order valence-electron chi connectivity index (χ4n) is 1.85. The highest BCUT2D eigenvalue weighted by Gasteiger charge is 2.28. The van der Waals surface area contributed by atoms with Gasteiger partial charge in [-0.25, -0.2) is 0 Å². The number of rotatable bonds is 2. The number of carbonyl (C=O) groups is 1. The summed E-state index contributed by atoms with van der Waals surface area (Å²) in [7, 11) is 0. The molecule has 0 saturated carbocycles. The van der Waals surface area contributed by atoms with Gasteiger partial charge in [-0.05, 0) is 18.3 Å². The van der Waals surface area contributed by atoms with Crippen molar-refractivity contribution in [3.8, 4) is 0 Å². The van der Waals surface area contributed by atoms with Crippen molar-refractivity contribution in [2.24, 2.45) is 11.8 Å². The Kier molecular flexibility index (Phi) is 4.11. The van der Waals surface area contributed by atoms with Gasteiger partial charge >= 0.3 is 0 Å². The predicted octanol–water partition coefficient (Wildman–Crippen LogP) is 2.81. The number of carbonyl (C=O) groups excluding carboxylic acids is 1. The SMILES string of the molecule is CC(C)[C@@H]1CCC(=O)C[C@H](C(C)C)O1. The zero-order valence-corrected chi connectivity index (χ0v) is 9.75. The maximum absolute atomic E-state index is 11.5. The van der Waals surface area contributed by atoms with Gasteiger partial charge in [0.2, 0.25) is 0 Å². The Morgan fingerprint density at radius 1 is 1.14 bits per heavy atom. The van der Waals surface area contributed by atoms with E-state index in [4.69, 9.17) is 4.74 Å². The average Bonchev–Trinajstić information content (AvgIpc) is 2.26. The zero-order valence-electron chi connectivity index (χ0n) is 9.75. The van der Waals surface area contributed by atoms with Crippen LogP contribution in [0.15, 0.2) is 0 Å². The molecule has 82 valence electrons. The molecule has 0 aromatic rings. The first-order valence-electron chi connectivity index (χ1n) is 5.68. The van der Waals surface area contributed by atoms with Gasteiger partial charge in [0.25, 0.3) is 0 Å². The van der Waals surface area contributed by atoms with Gasteiger partial charge in [0.05, 0.1) is 12.2 Å². The Morgan fingerprint density at radius 2 is 1.71 bits per heavy atom. The van der Waals surface area contributed by atoms with Crippen molar-refractivity contribution < 1.29 is 9.53 Å². The highest BCUT2D eigenvalue weighted by Crippen LogP contribution is 2.25. The van der Waals surface area contributed by atoms with E-state index in [1.807, 2.05) is 0 Å². The van der Waals surface area contributed by atoms with Crippen LogP contribution in [-0.2, 0) is 9.53 Å². The van der Waals surface area contributed by atoms with Crippen LogP contribution >= 0.6 is 0 Å². The third-order valence-corrected chi connectivity index (χ3v) is 2.97. The van der Waals surface area contributed by atoms with Crippen LogP contribution in [0.3, 0.4) is 0 Å². The molecule has 2 nitrogen and oxygen atoms in total. The van der Waals surface area contributed by atoms with Crippen LogP contribution in [-0.4, -0.2) is 18.0 Å². The maximum Gasteiger partial charge on any atom is 0.135 e. The van der Waals surface area contributed by atoms with E-state index in [2.05, 4.69) is 27.7 Å². The monoisotopic (exact) mass is 198 g/mol. The molecular formula is C12H22O2. The summed E-state index contributed by atoms with van der Waals surface area (Å²) >= 11 is 0. The summed E-state index contributed by atoms with van der Waals surface area (Å²) in [6.07, 6.45) is 2.62. The summed E-state index contributed by atoms with van der Waals surface area (Å²) in [5.74, 6) is 1.33. The average molecular weight is 198 g/mol. The lowest BCUT2D eigenvalue weighted by Gasteiger charge is -2.26. The molecule has 0 aromatic heterocycles. The standard InChI is InChI=1S/C12H22O2/c1-8(2)11-6-5-10(13)7-12(14-11)9(3)4/h8-9,11-12H,5-7H2,1-4H3/t11-,12+/m0/s1. The van der Waals surface area contributed by atoms with E-state index in [-0.39, 0.29) is 12.2 Å². The lowest BCUT2D eigenvalue weighted by molar-refractivity contribution is -0.121. The summed E-state index contributed by atoms with van der Waals surface area (Å²) in [4.78, 5) is 11.5. The lowest BCUT2D eigenvalue weighted by Crippen LogP contribution is -2.28. The fourth-order valence-corrected chi connectivity index (χ4v) is 1.85. The molecule has 1 aliphatic rings. The third-order valence-electron chi connectivity index (χ3n) is 2.97. The van der Waals surface area contributed by atoms with E-state index < -0.39 is 0 Å². The molecule has 0 aliphatic carbocycles. The van der Waals surface area contributed by atoms with Gasteiger partial charge in [0.1, 0.15) is 5.78 Å². The zero-order chi connectivity index (χ0) is 10.7. The summed E-state index contributed by atoms with van der Waals surface area (Å²) in [6, 6.07) is 0. The first kappa shape index (κ1) is 11.7. The molecule has 0 spiro atoms. The predicted molar refractivity (Wildman–Crippen MR) is 57.2 cm³/mol. The molecule has 2 atom stereocenters. The second-order valence-electron chi connectivity index (χ2n) is 4.98.